The van der Waals surface area contributed by atoms with Gasteiger partial charge >= 0.3 is 0 Å². The molecule has 0 amide bonds. The molecular formula is C19H20ClFN5O4S+. The van der Waals surface area contributed by atoms with Crippen molar-refractivity contribution in [3.8, 4) is 6.07 Å². The van der Waals surface area contributed by atoms with Crippen LogP contribution in [0.5, 0.6) is 0 Å². The SMILES string of the molecule is Cc1nc(C(C#N)S(=O)(=O)c2ccc(Cl)cc2F)c(N=O)c(N2CCOC(C)(C)C2)[nH+]1. The first-order valence-corrected chi connectivity index (χ1v) is 11.2. The first kappa shape index (κ1) is 23.0. The fraction of sp³-hybridized carbons (Fsp3) is 0.421. The third kappa shape index (κ3) is 4.51. The fourth-order valence-corrected chi connectivity index (χ4v) is 5.03. The number of ether oxygens (including phenoxy) is 1. The maximum atomic E-state index is 14.4. The highest BCUT2D eigenvalue weighted by molar-refractivity contribution is 7.92. The van der Waals surface area contributed by atoms with Gasteiger partial charge in [0, 0.05) is 11.9 Å². The molecule has 164 valence electrons. The van der Waals surface area contributed by atoms with Gasteiger partial charge in [-0.25, -0.2) is 17.8 Å². The highest BCUT2D eigenvalue weighted by Crippen LogP contribution is 2.38. The molecule has 1 saturated heterocycles. The van der Waals surface area contributed by atoms with Gasteiger partial charge in [0.1, 0.15) is 10.7 Å². The first-order valence-electron chi connectivity index (χ1n) is 9.25. The second-order valence-corrected chi connectivity index (χ2v) is 10.1. The van der Waals surface area contributed by atoms with Crippen molar-refractivity contribution in [3.63, 3.8) is 0 Å². The van der Waals surface area contributed by atoms with E-state index >= 15 is 0 Å². The number of nitrogens with one attached hydrogen (secondary N) is 1. The number of benzene rings is 1. The van der Waals surface area contributed by atoms with Crippen LogP contribution in [0, 0.1) is 29.0 Å². The number of nitrogens with zero attached hydrogens (tertiary/aromatic N) is 4. The molecule has 1 N–H and O–H groups in total. The van der Waals surface area contributed by atoms with E-state index in [4.69, 9.17) is 16.3 Å². The van der Waals surface area contributed by atoms with Gasteiger partial charge in [-0.1, -0.05) is 11.6 Å². The van der Waals surface area contributed by atoms with E-state index in [1.807, 2.05) is 13.8 Å². The summed E-state index contributed by atoms with van der Waals surface area (Å²) in [5.74, 6) is -0.627. The van der Waals surface area contributed by atoms with Gasteiger partial charge in [0.2, 0.25) is 26.6 Å². The zero-order valence-electron chi connectivity index (χ0n) is 17.0. The summed E-state index contributed by atoms with van der Waals surface area (Å²) in [7, 11) is -4.58. The number of rotatable bonds is 5. The van der Waals surface area contributed by atoms with Crippen LogP contribution in [0.3, 0.4) is 0 Å². The molecule has 31 heavy (non-hydrogen) atoms. The lowest BCUT2D eigenvalue weighted by Crippen LogP contribution is -2.50. The van der Waals surface area contributed by atoms with Crippen molar-refractivity contribution in [1.82, 2.24) is 4.98 Å². The number of anilines is 1. The standard InChI is InChI=1S/C19H19ClFN5O4S/c1-11-23-16(15(9-22)31(28,29)14-5-4-12(20)8-13(14)21)17(25-27)18(24-11)26-6-7-30-19(2,3)10-26/h4-5,8,15H,6-7,10H2,1-3H3/p+1. The Morgan fingerprint density at radius 3 is 2.74 bits per heavy atom. The van der Waals surface area contributed by atoms with Crippen LogP contribution < -0.4 is 9.88 Å². The van der Waals surface area contributed by atoms with Crippen LogP contribution in [0.4, 0.5) is 15.9 Å². The molecule has 1 aliphatic heterocycles. The Hall–Kier alpha value is -2.68. The molecular weight excluding hydrogens is 449 g/mol. The number of morpholine rings is 1. The fourth-order valence-electron chi connectivity index (χ4n) is 3.43. The maximum absolute atomic E-state index is 14.4. The third-order valence-electron chi connectivity index (χ3n) is 4.76. The van der Waals surface area contributed by atoms with E-state index in [0.717, 1.165) is 12.1 Å². The van der Waals surface area contributed by atoms with Gasteiger partial charge < -0.3 is 4.74 Å². The Bertz CT molecular complexity index is 1180. The first-order chi connectivity index (χ1) is 14.5. The van der Waals surface area contributed by atoms with Crippen molar-refractivity contribution in [1.29, 1.82) is 5.26 Å². The number of aryl methyl sites for hydroxylation is 1. The largest absolute Gasteiger partial charge is 0.369 e. The maximum Gasteiger partial charge on any atom is 0.255 e. The Labute approximate surface area is 183 Å². The van der Waals surface area contributed by atoms with Crippen LogP contribution >= 0.6 is 11.6 Å². The van der Waals surface area contributed by atoms with Crippen LogP contribution in [0.25, 0.3) is 0 Å². The van der Waals surface area contributed by atoms with Crippen LogP contribution in [0.2, 0.25) is 5.02 Å². The normalized spacial score (nSPS) is 17.1. The third-order valence-corrected chi connectivity index (χ3v) is 6.89. The van der Waals surface area contributed by atoms with Gasteiger partial charge in [-0.2, -0.15) is 5.26 Å². The van der Waals surface area contributed by atoms with Crippen molar-refractivity contribution in [2.45, 2.75) is 36.5 Å². The van der Waals surface area contributed by atoms with Crippen molar-refractivity contribution >= 4 is 32.9 Å². The average molecular weight is 469 g/mol. The van der Waals surface area contributed by atoms with Gasteiger partial charge in [-0.15, -0.1) is 9.89 Å². The molecule has 0 bridgehead atoms. The zero-order chi connectivity index (χ0) is 23.0. The summed E-state index contributed by atoms with van der Waals surface area (Å²) in [6, 6.07) is 4.64. The smallest absolute Gasteiger partial charge is 0.255 e. The van der Waals surface area contributed by atoms with E-state index in [0.29, 0.717) is 19.7 Å². The molecule has 3 rings (SSSR count). The predicted octanol–water partition coefficient (Wildman–Crippen LogP) is 3.05. The van der Waals surface area contributed by atoms with E-state index in [9.17, 15) is 23.0 Å². The quantitative estimate of drug-likeness (QED) is 0.617. The topological polar surface area (TPSA) is 127 Å². The van der Waals surface area contributed by atoms with Crippen molar-refractivity contribution in [3.05, 3.63) is 45.5 Å². The van der Waals surface area contributed by atoms with Crippen LogP contribution in [0.15, 0.2) is 28.3 Å². The average Bonchev–Trinajstić information content (AvgIpc) is 2.66. The molecule has 1 atom stereocenters. The molecule has 1 aromatic heterocycles. The number of aromatic nitrogens is 2. The van der Waals surface area contributed by atoms with Gasteiger partial charge in [-0.05, 0) is 37.2 Å². The Kier molecular flexibility index (Phi) is 6.27. The lowest BCUT2D eigenvalue weighted by molar-refractivity contribution is -0.379. The second-order valence-electron chi connectivity index (χ2n) is 7.65. The number of sulfone groups is 1. The summed E-state index contributed by atoms with van der Waals surface area (Å²) >= 11 is 5.71. The molecule has 0 spiro atoms. The molecule has 2 aromatic rings. The lowest BCUT2D eigenvalue weighted by Gasteiger charge is -2.35. The van der Waals surface area contributed by atoms with E-state index in [1.165, 1.54) is 6.07 Å². The zero-order valence-corrected chi connectivity index (χ0v) is 18.6. The van der Waals surface area contributed by atoms with Gasteiger partial charge in [0.25, 0.3) is 5.82 Å². The minimum Gasteiger partial charge on any atom is -0.369 e. The number of H-pyrrole nitrogens is 1. The second kappa shape index (κ2) is 8.45. The number of nitroso groups, excluding NO2 is 1. The summed E-state index contributed by atoms with van der Waals surface area (Å²) in [6.07, 6.45) is 0. The monoisotopic (exact) mass is 468 g/mol. The Balaban J connectivity index is 2.18. The number of hydrogen-bond acceptors (Lipinski definition) is 8. The lowest BCUT2D eigenvalue weighted by atomic mass is 10.1. The molecule has 0 aliphatic carbocycles. The highest BCUT2D eigenvalue weighted by atomic mass is 35.5. The molecule has 2 heterocycles. The van der Waals surface area contributed by atoms with Crippen LogP contribution in [0.1, 0.15) is 30.6 Å². The van der Waals surface area contributed by atoms with Crippen molar-refractivity contribution in [2.75, 3.05) is 24.6 Å². The van der Waals surface area contributed by atoms with Crippen LogP contribution in [-0.4, -0.2) is 38.7 Å². The molecule has 1 aromatic carbocycles. The van der Waals surface area contributed by atoms with Crippen molar-refractivity contribution < 1.29 is 22.5 Å². The summed E-state index contributed by atoms with van der Waals surface area (Å²) in [6.45, 7) is 6.44. The van der Waals surface area contributed by atoms with E-state index in [2.05, 4.69) is 15.1 Å². The number of halogens is 2. The van der Waals surface area contributed by atoms with Gasteiger partial charge in [0.15, 0.2) is 5.69 Å². The van der Waals surface area contributed by atoms with Crippen molar-refractivity contribution in [2.24, 2.45) is 5.18 Å². The highest BCUT2D eigenvalue weighted by Gasteiger charge is 2.41. The number of aromatic amines is 1. The summed E-state index contributed by atoms with van der Waals surface area (Å²) < 4.78 is 46.3. The Morgan fingerprint density at radius 1 is 1.45 bits per heavy atom. The summed E-state index contributed by atoms with van der Waals surface area (Å²) in [5.41, 5.74) is -1.23. The summed E-state index contributed by atoms with van der Waals surface area (Å²) in [5, 5.41) is 10.7. The van der Waals surface area contributed by atoms with E-state index < -0.39 is 31.4 Å². The van der Waals surface area contributed by atoms with Gasteiger partial charge in [0.05, 0.1) is 31.4 Å². The molecule has 9 nitrogen and oxygen atoms in total. The molecule has 0 radical (unpaired) electrons. The molecule has 12 heteroatoms. The van der Waals surface area contributed by atoms with Gasteiger partial charge in [-0.3, -0.25) is 4.90 Å². The van der Waals surface area contributed by atoms with E-state index in [-0.39, 0.29) is 28.0 Å². The number of nitriles is 1. The minimum absolute atomic E-state index is 0.000652. The molecule has 1 unspecified atom stereocenters. The van der Waals surface area contributed by atoms with E-state index in [1.54, 1.807) is 17.9 Å². The predicted molar refractivity (Wildman–Crippen MR) is 110 cm³/mol. The molecule has 1 aliphatic rings. The summed E-state index contributed by atoms with van der Waals surface area (Å²) in [4.78, 5) is 19.9. The molecule has 0 saturated carbocycles. The molecule has 1 fully saturated rings. The minimum atomic E-state index is -4.58. The Morgan fingerprint density at radius 2 is 2.16 bits per heavy atom. The number of hydrogen-bond donors (Lipinski definition) is 0. The van der Waals surface area contributed by atoms with Crippen LogP contribution in [-0.2, 0) is 14.6 Å².